The quantitative estimate of drug-likeness (QED) is 0.153. The molecule has 11 nitrogen and oxygen atoms in total. The van der Waals surface area contributed by atoms with Crippen molar-refractivity contribution < 1.29 is 39.4 Å². The Morgan fingerprint density at radius 3 is 2.27 bits per heavy atom. The fraction of sp³-hybridized carbons (Fsp3) is 0.233. The highest BCUT2D eigenvalue weighted by atomic mass is 16.8. The summed E-state index contributed by atoms with van der Waals surface area (Å²) in [5.74, 6) is -0.414. The van der Waals surface area contributed by atoms with Gasteiger partial charge in [-0.25, -0.2) is 0 Å². The minimum atomic E-state index is -1.62. The van der Waals surface area contributed by atoms with Gasteiger partial charge in [0.2, 0.25) is 0 Å². The molecule has 5 rings (SSSR count). The van der Waals surface area contributed by atoms with Crippen LogP contribution in [0.3, 0.4) is 0 Å². The number of benzene rings is 4. The van der Waals surface area contributed by atoms with Crippen LogP contribution in [-0.2, 0) is 9.47 Å². The maximum absolute atomic E-state index is 13.5. The van der Waals surface area contributed by atoms with Gasteiger partial charge in [0, 0.05) is 11.1 Å². The Morgan fingerprint density at radius 2 is 1.54 bits per heavy atom. The summed E-state index contributed by atoms with van der Waals surface area (Å²) >= 11 is 0. The summed E-state index contributed by atoms with van der Waals surface area (Å²) in [6.45, 7) is -1.15. The van der Waals surface area contributed by atoms with E-state index in [9.17, 15) is 25.2 Å². The number of rotatable bonds is 9. The minimum Gasteiger partial charge on any atom is -0.464 e. The van der Waals surface area contributed by atoms with E-state index in [0.717, 1.165) is 5.39 Å². The molecule has 5 atom stereocenters. The molecule has 11 heteroatoms. The van der Waals surface area contributed by atoms with E-state index in [1.807, 2.05) is 48.5 Å². The fourth-order valence-electron chi connectivity index (χ4n) is 4.41. The normalized spacial score (nSPS) is 22.6. The van der Waals surface area contributed by atoms with Gasteiger partial charge >= 0.3 is 0 Å². The van der Waals surface area contributed by atoms with Crippen LogP contribution in [0.5, 0.6) is 5.75 Å². The Hall–Kier alpha value is -4.23. The zero-order valence-electron chi connectivity index (χ0n) is 21.8. The number of aliphatic hydroxyl groups excluding tert-OH is 4. The second-order valence-electron chi connectivity index (χ2n) is 9.30. The molecule has 1 aliphatic rings. The lowest BCUT2D eigenvalue weighted by Gasteiger charge is -2.39. The second kappa shape index (κ2) is 13.0. The van der Waals surface area contributed by atoms with Gasteiger partial charge in [-0.15, -0.1) is 5.11 Å². The number of hydrogen-bond donors (Lipinski definition) is 5. The number of para-hydroxylation sites is 1. The van der Waals surface area contributed by atoms with Gasteiger partial charge in [-0.3, -0.25) is 4.79 Å². The minimum absolute atomic E-state index is 0.0569. The van der Waals surface area contributed by atoms with E-state index in [4.69, 9.17) is 14.2 Å². The van der Waals surface area contributed by atoms with E-state index in [1.165, 1.54) is 0 Å². The van der Waals surface area contributed by atoms with E-state index in [-0.39, 0.29) is 17.0 Å². The highest BCUT2D eigenvalue weighted by molar-refractivity contribution is 6.11. The van der Waals surface area contributed by atoms with Crippen LogP contribution in [0.2, 0.25) is 0 Å². The highest BCUT2D eigenvalue weighted by Gasteiger charge is 2.44. The van der Waals surface area contributed by atoms with Gasteiger partial charge in [0.15, 0.2) is 18.8 Å². The van der Waals surface area contributed by atoms with Gasteiger partial charge in [-0.2, -0.15) is 5.11 Å². The summed E-state index contributed by atoms with van der Waals surface area (Å²) in [5, 5.41) is 53.0. The summed E-state index contributed by atoms with van der Waals surface area (Å²) in [6, 6.07) is 26.9. The molecule has 0 bridgehead atoms. The summed E-state index contributed by atoms with van der Waals surface area (Å²) in [5.41, 5.74) is 1.57. The third-order valence-electron chi connectivity index (χ3n) is 6.56. The van der Waals surface area contributed by atoms with Gasteiger partial charge in [-0.05, 0) is 35.7 Å². The first-order chi connectivity index (χ1) is 20.0. The topological polar surface area (TPSA) is 162 Å². The Bertz CT molecular complexity index is 1500. The van der Waals surface area contributed by atoms with Crippen LogP contribution in [0.1, 0.15) is 10.4 Å². The van der Waals surface area contributed by atoms with Crippen molar-refractivity contribution in [3.8, 4) is 5.75 Å². The molecule has 0 radical (unpaired) electrons. The predicted octanol–water partition coefficient (Wildman–Crippen LogP) is 3.66. The molecule has 0 aliphatic carbocycles. The highest BCUT2D eigenvalue weighted by Crippen LogP contribution is 2.41. The predicted molar refractivity (Wildman–Crippen MR) is 149 cm³/mol. The van der Waals surface area contributed by atoms with E-state index in [2.05, 4.69) is 15.5 Å². The maximum atomic E-state index is 13.5. The Morgan fingerprint density at radius 1 is 0.854 bits per heavy atom. The number of ether oxygens (including phenoxy) is 3. The van der Waals surface area contributed by atoms with E-state index in [1.54, 1.807) is 42.5 Å². The first kappa shape index (κ1) is 28.3. The first-order valence-electron chi connectivity index (χ1n) is 12.9. The number of fused-ring (bicyclic) bond motifs is 1. The number of hydrogen-bond acceptors (Lipinski definition) is 10. The average molecular weight is 560 g/mol. The molecule has 1 heterocycles. The molecule has 1 saturated heterocycles. The molecule has 212 valence electrons. The van der Waals surface area contributed by atoms with Gasteiger partial charge in [0.25, 0.3) is 5.91 Å². The summed E-state index contributed by atoms with van der Waals surface area (Å²) < 4.78 is 16.9. The van der Waals surface area contributed by atoms with Crippen molar-refractivity contribution in [2.45, 2.75) is 30.7 Å². The van der Waals surface area contributed by atoms with Crippen LogP contribution in [0.4, 0.5) is 17.1 Å². The zero-order valence-corrected chi connectivity index (χ0v) is 21.8. The second-order valence-corrected chi connectivity index (χ2v) is 9.30. The number of aliphatic hydroxyl groups is 4. The third-order valence-corrected chi connectivity index (χ3v) is 6.56. The molecule has 4 aromatic rings. The van der Waals surface area contributed by atoms with Crippen molar-refractivity contribution >= 4 is 33.7 Å². The number of nitrogens with zero attached hydrogens (tertiary/aromatic N) is 2. The number of amides is 1. The molecule has 1 aliphatic heterocycles. The first-order valence-corrected chi connectivity index (χ1v) is 12.9. The van der Waals surface area contributed by atoms with E-state index < -0.39 is 50.0 Å². The largest absolute Gasteiger partial charge is 0.464 e. The molecular formula is C30H29N3O8. The summed E-state index contributed by atoms with van der Waals surface area (Å²) in [4.78, 5) is 13.5. The molecule has 2 unspecified atom stereocenters. The van der Waals surface area contributed by atoms with Crippen molar-refractivity contribution in [2.24, 2.45) is 10.2 Å². The zero-order chi connectivity index (χ0) is 28.8. The Balaban J connectivity index is 1.51. The number of anilines is 1. The lowest BCUT2D eigenvalue weighted by atomic mass is 9.99. The van der Waals surface area contributed by atoms with Gasteiger partial charge < -0.3 is 40.0 Å². The van der Waals surface area contributed by atoms with Crippen LogP contribution in [0.25, 0.3) is 10.8 Å². The van der Waals surface area contributed by atoms with Crippen LogP contribution in [0, 0.1) is 0 Å². The summed E-state index contributed by atoms with van der Waals surface area (Å²) in [6.07, 6.45) is -7.35. The van der Waals surface area contributed by atoms with E-state index >= 15 is 0 Å². The standard InChI is InChI=1S/C30H29N3O8/c34-16-23-25(35)26(36)27(37)30(41-23)40-17-39-28-22(29(38)31-19-10-3-1-4-11-19)15-18-9-7-8-14-21(18)24(28)33-32-20-12-5-2-6-13-20/h1-15,23,25-27,30,34-37H,16-17H2,(H,31,38)/t23?,25-,26?,27-,30+/m1/s1. The van der Waals surface area contributed by atoms with Crippen molar-refractivity contribution in [3.05, 3.63) is 96.6 Å². The number of carbonyl (C=O) groups is 1. The summed E-state index contributed by atoms with van der Waals surface area (Å²) in [7, 11) is 0. The van der Waals surface area contributed by atoms with Crippen molar-refractivity contribution in [2.75, 3.05) is 18.7 Å². The molecule has 0 aromatic heterocycles. The van der Waals surface area contributed by atoms with Crippen LogP contribution < -0.4 is 10.1 Å². The monoisotopic (exact) mass is 559 g/mol. The lowest BCUT2D eigenvalue weighted by molar-refractivity contribution is -0.310. The maximum Gasteiger partial charge on any atom is 0.259 e. The SMILES string of the molecule is O=C(Nc1ccccc1)c1cc2ccccc2c(N=Nc2ccccc2)c1OCO[C@H]1OC(CO)[C@@H](O)C(O)[C@H]1O. The van der Waals surface area contributed by atoms with Crippen LogP contribution in [0.15, 0.2) is 101 Å². The van der Waals surface area contributed by atoms with Crippen molar-refractivity contribution in [1.29, 1.82) is 0 Å². The molecule has 0 saturated carbocycles. The Kier molecular flexibility index (Phi) is 8.95. The molecule has 0 spiro atoms. The molecular weight excluding hydrogens is 530 g/mol. The number of carbonyl (C=O) groups excluding carboxylic acids is 1. The lowest BCUT2D eigenvalue weighted by Crippen LogP contribution is -2.59. The molecule has 5 N–H and O–H groups in total. The van der Waals surface area contributed by atoms with Crippen molar-refractivity contribution in [3.63, 3.8) is 0 Å². The van der Waals surface area contributed by atoms with Crippen molar-refractivity contribution in [1.82, 2.24) is 0 Å². The van der Waals surface area contributed by atoms with E-state index in [0.29, 0.717) is 16.8 Å². The molecule has 41 heavy (non-hydrogen) atoms. The average Bonchev–Trinajstić information content (AvgIpc) is 3.01. The number of nitrogens with one attached hydrogen (secondary N) is 1. The van der Waals surface area contributed by atoms with Gasteiger partial charge in [0.05, 0.1) is 17.9 Å². The van der Waals surface area contributed by atoms with Gasteiger partial charge in [0.1, 0.15) is 30.1 Å². The third kappa shape index (κ3) is 6.41. The van der Waals surface area contributed by atoms with Crippen LogP contribution >= 0.6 is 0 Å². The number of azo groups is 1. The van der Waals surface area contributed by atoms with Crippen LogP contribution in [-0.4, -0.2) is 70.4 Å². The molecule has 1 amide bonds. The smallest absolute Gasteiger partial charge is 0.259 e. The van der Waals surface area contributed by atoms with Gasteiger partial charge in [-0.1, -0.05) is 60.7 Å². The Labute approximate surface area is 235 Å². The molecule has 1 fully saturated rings. The molecule has 4 aromatic carbocycles. The fourth-order valence-corrected chi connectivity index (χ4v) is 4.41.